The van der Waals surface area contributed by atoms with Crippen molar-refractivity contribution < 1.29 is 14.3 Å². The van der Waals surface area contributed by atoms with Gasteiger partial charge in [-0.3, -0.25) is 0 Å². The van der Waals surface area contributed by atoms with Crippen LogP contribution in [-0.2, 0) is 6.54 Å². The topological polar surface area (TPSA) is 85.2 Å². The highest BCUT2D eigenvalue weighted by molar-refractivity contribution is 5.67. The number of amides is 1. The predicted octanol–water partition coefficient (Wildman–Crippen LogP) is 3.21. The molecule has 6 heteroatoms. The van der Waals surface area contributed by atoms with Gasteiger partial charge in [0.2, 0.25) is 0 Å². The number of hydrogen-bond acceptors (Lipinski definition) is 3. The van der Waals surface area contributed by atoms with Crippen molar-refractivity contribution in [3.8, 4) is 6.07 Å². The van der Waals surface area contributed by atoms with Crippen LogP contribution in [0.4, 0.5) is 20.6 Å². The Morgan fingerprint density at radius 2 is 1.95 bits per heavy atom. The molecule has 0 spiro atoms. The summed E-state index contributed by atoms with van der Waals surface area (Å²) in [5, 5.41) is 22.7. The highest BCUT2D eigenvalue weighted by Crippen LogP contribution is 2.22. The molecule has 2 aromatic carbocycles. The summed E-state index contributed by atoms with van der Waals surface area (Å²) in [5.41, 5.74) is 1.81. The van der Waals surface area contributed by atoms with Crippen molar-refractivity contribution in [3.63, 3.8) is 0 Å². The average molecular weight is 285 g/mol. The minimum Gasteiger partial charge on any atom is -0.465 e. The van der Waals surface area contributed by atoms with Crippen molar-refractivity contribution >= 4 is 17.5 Å². The highest BCUT2D eigenvalue weighted by Gasteiger charge is 2.07. The molecule has 21 heavy (non-hydrogen) atoms. The summed E-state index contributed by atoms with van der Waals surface area (Å²) in [6.07, 6.45) is -1.09. The van der Waals surface area contributed by atoms with Crippen molar-refractivity contribution in [2.45, 2.75) is 6.54 Å². The lowest BCUT2D eigenvalue weighted by Crippen LogP contribution is -2.19. The third-order valence-electron chi connectivity index (χ3n) is 2.80. The number of nitriles is 1. The van der Waals surface area contributed by atoms with Gasteiger partial charge in [-0.2, -0.15) is 5.26 Å². The van der Waals surface area contributed by atoms with Crippen LogP contribution in [0.2, 0.25) is 0 Å². The molecule has 2 rings (SSSR count). The lowest BCUT2D eigenvalue weighted by atomic mass is 10.1. The van der Waals surface area contributed by atoms with E-state index in [-0.39, 0.29) is 12.1 Å². The molecule has 0 saturated carbocycles. The van der Waals surface area contributed by atoms with Crippen molar-refractivity contribution in [1.29, 1.82) is 5.26 Å². The molecule has 0 aliphatic heterocycles. The Balaban J connectivity index is 2.12. The molecule has 0 saturated heterocycles. The molecule has 2 aromatic rings. The third kappa shape index (κ3) is 3.70. The van der Waals surface area contributed by atoms with E-state index in [1.54, 1.807) is 30.3 Å². The number of nitrogens with one attached hydrogen (secondary N) is 2. The normalized spacial score (nSPS) is 9.71. The van der Waals surface area contributed by atoms with Gasteiger partial charge >= 0.3 is 6.09 Å². The zero-order chi connectivity index (χ0) is 15.2. The molecule has 1 amide bonds. The fourth-order valence-electron chi connectivity index (χ4n) is 1.78. The van der Waals surface area contributed by atoms with Crippen LogP contribution in [0.5, 0.6) is 0 Å². The molecule has 3 N–H and O–H groups in total. The van der Waals surface area contributed by atoms with Gasteiger partial charge in [-0.25, -0.2) is 9.18 Å². The monoisotopic (exact) mass is 285 g/mol. The molecule has 0 atom stereocenters. The van der Waals surface area contributed by atoms with E-state index in [2.05, 4.69) is 10.6 Å². The number of rotatable bonds is 4. The van der Waals surface area contributed by atoms with E-state index in [4.69, 9.17) is 10.4 Å². The summed E-state index contributed by atoms with van der Waals surface area (Å²) in [6, 6.07) is 13.1. The molecule has 5 nitrogen and oxygen atoms in total. The maximum absolute atomic E-state index is 13.5. The van der Waals surface area contributed by atoms with E-state index < -0.39 is 11.9 Å². The van der Waals surface area contributed by atoms with Crippen LogP contribution in [0.3, 0.4) is 0 Å². The number of hydrogen-bond donors (Lipinski definition) is 3. The fraction of sp³-hybridized carbons (Fsp3) is 0.0667. The quantitative estimate of drug-likeness (QED) is 0.805. The molecule has 0 fully saturated rings. The maximum Gasteiger partial charge on any atom is 0.404 e. The summed E-state index contributed by atoms with van der Waals surface area (Å²) < 4.78 is 13.5. The lowest BCUT2D eigenvalue weighted by Gasteiger charge is -2.09. The molecule has 0 unspecified atom stereocenters. The first-order chi connectivity index (χ1) is 10.1. The van der Waals surface area contributed by atoms with Crippen molar-refractivity contribution in [1.82, 2.24) is 5.32 Å². The van der Waals surface area contributed by atoms with Crippen LogP contribution in [0.25, 0.3) is 0 Å². The minimum absolute atomic E-state index is 0.0471. The van der Waals surface area contributed by atoms with Gasteiger partial charge in [-0.05, 0) is 29.8 Å². The van der Waals surface area contributed by atoms with Crippen molar-refractivity contribution in [2.75, 3.05) is 5.32 Å². The van der Waals surface area contributed by atoms with Crippen LogP contribution in [0.1, 0.15) is 11.1 Å². The van der Waals surface area contributed by atoms with Crippen molar-refractivity contribution in [3.05, 3.63) is 59.4 Å². The molecule has 0 radical (unpaired) electrons. The summed E-state index contributed by atoms with van der Waals surface area (Å²) >= 11 is 0. The van der Waals surface area contributed by atoms with Gasteiger partial charge in [0, 0.05) is 12.2 Å². The van der Waals surface area contributed by atoms with Crippen LogP contribution in [0.15, 0.2) is 42.5 Å². The summed E-state index contributed by atoms with van der Waals surface area (Å²) in [5.74, 6) is -0.579. The number of benzene rings is 2. The molecular formula is C15H12FN3O2. The van der Waals surface area contributed by atoms with Gasteiger partial charge in [0.15, 0.2) is 0 Å². The van der Waals surface area contributed by atoms with E-state index in [1.807, 2.05) is 6.07 Å². The predicted molar refractivity (Wildman–Crippen MR) is 75.7 cm³/mol. The van der Waals surface area contributed by atoms with Gasteiger partial charge in [-0.1, -0.05) is 18.2 Å². The van der Waals surface area contributed by atoms with Gasteiger partial charge < -0.3 is 15.7 Å². The number of carbonyl (C=O) groups is 1. The highest BCUT2D eigenvalue weighted by atomic mass is 19.1. The molecule has 0 aliphatic rings. The Hall–Kier alpha value is -3.07. The smallest absolute Gasteiger partial charge is 0.404 e. The summed E-state index contributed by atoms with van der Waals surface area (Å²) in [4.78, 5) is 10.4. The maximum atomic E-state index is 13.5. The molecular weight excluding hydrogens is 273 g/mol. The van der Waals surface area contributed by atoms with Gasteiger partial charge in [-0.15, -0.1) is 0 Å². The molecule has 0 bridgehead atoms. The van der Waals surface area contributed by atoms with E-state index in [9.17, 15) is 9.18 Å². The third-order valence-corrected chi connectivity index (χ3v) is 2.80. The van der Waals surface area contributed by atoms with Crippen molar-refractivity contribution in [2.24, 2.45) is 0 Å². The summed E-state index contributed by atoms with van der Waals surface area (Å²) in [6.45, 7) is 0.207. The Labute approximate surface area is 120 Å². The number of carboxylic acid groups (broad SMARTS) is 1. The Morgan fingerprint density at radius 3 is 2.57 bits per heavy atom. The van der Waals surface area contributed by atoms with Gasteiger partial charge in [0.05, 0.1) is 5.69 Å². The first kappa shape index (κ1) is 14.3. The largest absolute Gasteiger partial charge is 0.465 e. The Bertz CT molecular complexity index is 693. The second kappa shape index (κ2) is 6.39. The van der Waals surface area contributed by atoms with Crippen LogP contribution in [0, 0.1) is 17.1 Å². The first-order valence-electron chi connectivity index (χ1n) is 6.11. The summed E-state index contributed by atoms with van der Waals surface area (Å²) in [7, 11) is 0. The van der Waals surface area contributed by atoms with E-state index in [0.29, 0.717) is 11.4 Å². The average Bonchev–Trinajstić information content (AvgIpc) is 2.47. The van der Waals surface area contributed by atoms with E-state index in [1.165, 1.54) is 12.1 Å². The fourth-order valence-corrected chi connectivity index (χ4v) is 1.78. The number of nitrogens with zero attached hydrogens (tertiary/aromatic N) is 1. The Morgan fingerprint density at radius 1 is 1.24 bits per heavy atom. The van der Waals surface area contributed by atoms with E-state index >= 15 is 0 Å². The second-order valence-electron chi connectivity index (χ2n) is 4.25. The van der Waals surface area contributed by atoms with E-state index in [0.717, 1.165) is 5.56 Å². The molecule has 0 aromatic heterocycles. The molecule has 0 aliphatic carbocycles. The van der Waals surface area contributed by atoms with Crippen LogP contribution in [-0.4, -0.2) is 11.2 Å². The number of anilines is 2. The van der Waals surface area contributed by atoms with Crippen LogP contribution < -0.4 is 10.6 Å². The lowest BCUT2D eigenvalue weighted by molar-refractivity contribution is 0.194. The van der Waals surface area contributed by atoms with Gasteiger partial charge in [0.25, 0.3) is 0 Å². The molecule has 106 valence electrons. The zero-order valence-corrected chi connectivity index (χ0v) is 10.9. The minimum atomic E-state index is -1.09. The SMILES string of the molecule is N#Cc1c(F)cccc1Nc1ccc(CNC(=O)O)cc1. The Kier molecular flexibility index (Phi) is 4.36. The van der Waals surface area contributed by atoms with Gasteiger partial charge in [0.1, 0.15) is 17.4 Å². The molecule has 0 heterocycles. The standard InChI is InChI=1S/C15H12FN3O2/c16-13-2-1-3-14(12(13)8-17)19-11-6-4-10(5-7-11)9-18-15(20)21/h1-7,18-19H,9H2,(H,20,21). The first-order valence-corrected chi connectivity index (χ1v) is 6.11. The number of halogens is 1. The van der Waals surface area contributed by atoms with Crippen LogP contribution >= 0.6 is 0 Å². The second-order valence-corrected chi connectivity index (χ2v) is 4.25. The zero-order valence-electron chi connectivity index (χ0n) is 10.9.